The molecule has 0 aliphatic carbocycles. The number of unbranched alkanes of at least 4 members (excludes halogenated alkanes) is 1. The van der Waals surface area contributed by atoms with Crippen molar-refractivity contribution >= 4 is 0 Å². The molecular formula is C11H22N2O2. The highest BCUT2D eigenvalue weighted by Gasteiger charge is 2.20. The van der Waals surface area contributed by atoms with Crippen LogP contribution in [0.5, 0.6) is 0 Å². The second kappa shape index (κ2) is 9.94. The number of hydrogen-bond acceptors (Lipinski definition) is 4. The maximum absolute atomic E-state index is 5.45. The topological polar surface area (TPSA) is 56.5 Å². The lowest BCUT2D eigenvalue weighted by atomic mass is 10.1. The minimum absolute atomic E-state index is 0.00162. The monoisotopic (exact) mass is 214 g/mol. The molecule has 0 bridgehead atoms. The third kappa shape index (κ3) is 6.47. The minimum atomic E-state index is -0.289. The number of rotatable bonds is 9. The third-order valence-corrected chi connectivity index (χ3v) is 2.04. The standard InChI is InChI=1S/C11H22N2O2/c1-4-7-8-9-10(13-12)11(14-5-2)15-6-3/h1,10-11,13H,5-9,12H2,2-3H3. The summed E-state index contributed by atoms with van der Waals surface area (Å²) in [7, 11) is 0. The van der Waals surface area contributed by atoms with Gasteiger partial charge in [0, 0.05) is 19.6 Å². The van der Waals surface area contributed by atoms with Gasteiger partial charge in [-0.2, -0.15) is 0 Å². The Balaban J connectivity index is 4.00. The summed E-state index contributed by atoms with van der Waals surface area (Å²) in [6.07, 6.45) is 7.42. The number of hydrazine groups is 1. The van der Waals surface area contributed by atoms with E-state index in [2.05, 4.69) is 11.3 Å². The van der Waals surface area contributed by atoms with Gasteiger partial charge in [-0.3, -0.25) is 11.3 Å². The fraction of sp³-hybridized carbons (Fsp3) is 0.818. The molecule has 0 aliphatic rings. The van der Waals surface area contributed by atoms with Crippen LogP contribution in [-0.2, 0) is 9.47 Å². The van der Waals surface area contributed by atoms with Gasteiger partial charge in [0.05, 0.1) is 6.04 Å². The van der Waals surface area contributed by atoms with Crippen molar-refractivity contribution in [3.63, 3.8) is 0 Å². The fourth-order valence-corrected chi connectivity index (χ4v) is 1.33. The van der Waals surface area contributed by atoms with Gasteiger partial charge in [0.15, 0.2) is 6.29 Å². The largest absolute Gasteiger partial charge is 0.351 e. The molecule has 4 heteroatoms. The lowest BCUT2D eigenvalue weighted by Crippen LogP contribution is -2.46. The Bertz CT molecular complexity index is 174. The molecule has 0 spiro atoms. The molecule has 0 saturated carbocycles. The average Bonchev–Trinajstić information content (AvgIpc) is 2.24. The van der Waals surface area contributed by atoms with Crippen molar-refractivity contribution in [1.29, 1.82) is 0 Å². The van der Waals surface area contributed by atoms with Crippen LogP contribution >= 0.6 is 0 Å². The van der Waals surface area contributed by atoms with E-state index in [9.17, 15) is 0 Å². The van der Waals surface area contributed by atoms with Crippen LogP contribution in [0.4, 0.5) is 0 Å². The van der Waals surface area contributed by atoms with E-state index in [1.807, 2.05) is 13.8 Å². The normalized spacial score (nSPS) is 12.7. The van der Waals surface area contributed by atoms with Gasteiger partial charge in [-0.25, -0.2) is 0 Å². The molecule has 1 atom stereocenters. The van der Waals surface area contributed by atoms with E-state index in [0.29, 0.717) is 13.2 Å². The Morgan fingerprint density at radius 1 is 1.33 bits per heavy atom. The Hall–Kier alpha value is -0.600. The van der Waals surface area contributed by atoms with Crippen LogP contribution in [-0.4, -0.2) is 25.5 Å². The van der Waals surface area contributed by atoms with Crippen LogP contribution in [0, 0.1) is 12.3 Å². The third-order valence-electron chi connectivity index (χ3n) is 2.04. The number of nitrogens with one attached hydrogen (secondary N) is 1. The predicted octanol–water partition coefficient (Wildman–Crippen LogP) is 1.02. The molecule has 0 aromatic rings. The van der Waals surface area contributed by atoms with E-state index in [-0.39, 0.29) is 12.3 Å². The van der Waals surface area contributed by atoms with Crippen molar-refractivity contribution in [1.82, 2.24) is 5.43 Å². The molecule has 3 N–H and O–H groups in total. The van der Waals surface area contributed by atoms with E-state index in [0.717, 1.165) is 19.3 Å². The van der Waals surface area contributed by atoms with Crippen LogP contribution < -0.4 is 11.3 Å². The van der Waals surface area contributed by atoms with Crippen LogP contribution in [0.15, 0.2) is 0 Å². The lowest BCUT2D eigenvalue weighted by molar-refractivity contribution is -0.155. The highest BCUT2D eigenvalue weighted by molar-refractivity contribution is 4.84. The van der Waals surface area contributed by atoms with Crippen LogP contribution in [0.25, 0.3) is 0 Å². The summed E-state index contributed by atoms with van der Waals surface area (Å²) in [6.45, 7) is 5.08. The Labute approximate surface area is 92.5 Å². The van der Waals surface area contributed by atoms with Crippen molar-refractivity contribution in [2.24, 2.45) is 5.84 Å². The summed E-state index contributed by atoms with van der Waals surface area (Å²) in [4.78, 5) is 0. The smallest absolute Gasteiger partial charge is 0.173 e. The summed E-state index contributed by atoms with van der Waals surface area (Å²) in [6, 6.07) is -0.00162. The fourth-order valence-electron chi connectivity index (χ4n) is 1.33. The van der Waals surface area contributed by atoms with E-state index in [1.165, 1.54) is 0 Å². The highest BCUT2D eigenvalue weighted by Crippen LogP contribution is 2.09. The first kappa shape index (κ1) is 14.4. The van der Waals surface area contributed by atoms with E-state index < -0.39 is 0 Å². The molecule has 88 valence electrons. The van der Waals surface area contributed by atoms with Gasteiger partial charge in [-0.05, 0) is 26.7 Å². The minimum Gasteiger partial charge on any atom is -0.351 e. The van der Waals surface area contributed by atoms with Gasteiger partial charge in [-0.1, -0.05) is 0 Å². The van der Waals surface area contributed by atoms with Gasteiger partial charge in [-0.15, -0.1) is 12.3 Å². The number of hydrogen-bond donors (Lipinski definition) is 2. The summed E-state index contributed by atoms with van der Waals surface area (Å²) in [5.41, 5.74) is 2.71. The Morgan fingerprint density at radius 2 is 1.93 bits per heavy atom. The first-order chi connectivity index (χ1) is 7.29. The van der Waals surface area contributed by atoms with Gasteiger partial charge in [0.25, 0.3) is 0 Å². The molecule has 0 rings (SSSR count). The van der Waals surface area contributed by atoms with Gasteiger partial charge < -0.3 is 9.47 Å². The maximum Gasteiger partial charge on any atom is 0.173 e. The van der Waals surface area contributed by atoms with E-state index in [1.54, 1.807) is 0 Å². The van der Waals surface area contributed by atoms with Crippen molar-refractivity contribution in [3.05, 3.63) is 0 Å². The SMILES string of the molecule is C#CCCCC(NN)C(OCC)OCC. The van der Waals surface area contributed by atoms with Crippen molar-refractivity contribution in [3.8, 4) is 12.3 Å². The average molecular weight is 214 g/mol. The van der Waals surface area contributed by atoms with Gasteiger partial charge in [0.1, 0.15) is 0 Å². The molecule has 0 radical (unpaired) electrons. The molecule has 0 aromatic carbocycles. The summed E-state index contributed by atoms with van der Waals surface area (Å²) < 4.78 is 10.9. The second-order valence-electron chi connectivity index (χ2n) is 3.15. The van der Waals surface area contributed by atoms with Crippen LogP contribution in [0.1, 0.15) is 33.1 Å². The zero-order valence-corrected chi connectivity index (χ0v) is 9.66. The molecule has 4 nitrogen and oxygen atoms in total. The molecule has 0 aromatic heterocycles. The van der Waals surface area contributed by atoms with Gasteiger partial charge >= 0.3 is 0 Å². The lowest BCUT2D eigenvalue weighted by Gasteiger charge is -2.25. The van der Waals surface area contributed by atoms with Crippen LogP contribution in [0.2, 0.25) is 0 Å². The molecule has 0 heterocycles. The van der Waals surface area contributed by atoms with E-state index in [4.69, 9.17) is 21.7 Å². The number of nitrogens with two attached hydrogens (primary N) is 1. The van der Waals surface area contributed by atoms with E-state index >= 15 is 0 Å². The first-order valence-corrected chi connectivity index (χ1v) is 5.42. The zero-order valence-electron chi connectivity index (χ0n) is 9.66. The first-order valence-electron chi connectivity index (χ1n) is 5.42. The van der Waals surface area contributed by atoms with Crippen molar-refractivity contribution in [2.75, 3.05) is 13.2 Å². The van der Waals surface area contributed by atoms with Gasteiger partial charge in [0.2, 0.25) is 0 Å². The predicted molar refractivity (Wildman–Crippen MR) is 60.8 cm³/mol. The summed E-state index contributed by atoms with van der Waals surface area (Å²) in [5, 5.41) is 0. The molecule has 15 heavy (non-hydrogen) atoms. The summed E-state index contributed by atoms with van der Waals surface area (Å²) >= 11 is 0. The molecule has 0 aliphatic heterocycles. The second-order valence-corrected chi connectivity index (χ2v) is 3.15. The van der Waals surface area contributed by atoms with Crippen molar-refractivity contribution < 1.29 is 9.47 Å². The molecule has 0 saturated heterocycles. The molecule has 0 fully saturated rings. The number of ether oxygens (including phenoxy) is 2. The van der Waals surface area contributed by atoms with Crippen LogP contribution in [0.3, 0.4) is 0 Å². The molecule has 1 unspecified atom stereocenters. The van der Waals surface area contributed by atoms with Crippen molar-refractivity contribution in [2.45, 2.75) is 45.4 Å². The number of terminal acetylenes is 1. The Kier molecular flexibility index (Phi) is 9.54. The summed E-state index contributed by atoms with van der Waals surface area (Å²) in [5.74, 6) is 8.05. The highest BCUT2D eigenvalue weighted by atomic mass is 16.7. The molecular weight excluding hydrogens is 192 g/mol. The zero-order chi connectivity index (χ0) is 11.5. The molecule has 0 amide bonds. The quantitative estimate of drug-likeness (QED) is 0.198. The Morgan fingerprint density at radius 3 is 2.33 bits per heavy atom. The maximum atomic E-state index is 5.45.